The number of carbonyl (C=O) groups is 2. The van der Waals surface area contributed by atoms with Crippen molar-refractivity contribution in [3.05, 3.63) is 20.2 Å². The van der Waals surface area contributed by atoms with E-state index in [1.54, 1.807) is 0 Å². The van der Waals surface area contributed by atoms with Crippen LogP contribution in [0, 0.1) is 43.9 Å². The third-order valence-corrected chi connectivity index (χ3v) is 11.5. The first kappa shape index (κ1) is 35.5. The van der Waals surface area contributed by atoms with Gasteiger partial charge in [-0.05, 0) is 76.5 Å². The van der Waals surface area contributed by atoms with Crippen molar-refractivity contribution in [3.8, 4) is 0 Å². The van der Waals surface area contributed by atoms with Gasteiger partial charge in [0.1, 0.15) is 5.92 Å². The highest BCUT2D eigenvalue weighted by Gasteiger charge is 2.49. The molecule has 4 N–H and O–H groups in total. The number of carboxylic acid groups (broad SMARTS) is 1. The Balaban J connectivity index is 1.25. The Kier molecular flexibility index (Phi) is 13.4. The Morgan fingerprint density at radius 1 is 0.844 bits per heavy atom. The van der Waals surface area contributed by atoms with Crippen LogP contribution in [-0.2, 0) is 34.6 Å². The summed E-state index contributed by atoms with van der Waals surface area (Å²) in [5.74, 6) is -4.80. The van der Waals surface area contributed by atoms with Gasteiger partial charge < -0.3 is 15.3 Å². The number of hydrogen-bond acceptors (Lipinski definition) is 12. The summed E-state index contributed by atoms with van der Waals surface area (Å²) in [5.41, 5.74) is 3.01. The SMILES string of the molecule is O=C(O)C1CCCC([N+](=O)[O-])C1C(=O)NC1CCCC(S(=O)OC2CCCC(NOCC3C(COO)CCCC3[N+](=O)[O-])C2)C1. The average Bonchev–Trinajstić information content (AvgIpc) is 3.01. The second-order valence-corrected chi connectivity index (χ2v) is 14.4. The molecule has 4 fully saturated rings. The molecular formula is C28H46N4O12S. The Morgan fingerprint density at radius 2 is 1.51 bits per heavy atom. The van der Waals surface area contributed by atoms with Gasteiger partial charge in [-0.25, -0.2) is 9.10 Å². The summed E-state index contributed by atoms with van der Waals surface area (Å²) >= 11 is -1.65. The van der Waals surface area contributed by atoms with Gasteiger partial charge in [0, 0.05) is 34.8 Å². The first-order valence-corrected chi connectivity index (χ1v) is 17.2. The lowest BCUT2D eigenvalue weighted by Gasteiger charge is -2.35. The molecule has 11 atom stereocenters. The summed E-state index contributed by atoms with van der Waals surface area (Å²) in [4.78, 5) is 57.4. The minimum absolute atomic E-state index is 0.0120. The minimum Gasteiger partial charge on any atom is -0.481 e. The summed E-state index contributed by atoms with van der Waals surface area (Å²) in [5, 5.41) is 44.2. The van der Waals surface area contributed by atoms with E-state index >= 15 is 0 Å². The molecule has 0 spiro atoms. The number of aliphatic carboxylic acids is 1. The van der Waals surface area contributed by atoms with E-state index in [0.717, 1.165) is 12.8 Å². The van der Waals surface area contributed by atoms with Crippen LogP contribution in [0.25, 0.3) is 0 Å². The van der Waals surface area contributed by atoms with E-state index in [-0.39, 0.29) is 60.3 Å². The Labute approximate surface area is 264 Å². The Bertz CT molecular complexity index is 1040. The van der Waals surface area contributed by atoms with Gasteiger partial charge in [-0.15, -0.1) is 0 Å². The lowest BCUT2D eigenvalue weighted by atomic mass is 9.75. The standard InChI is InChI=1S/C28H46N4O12S/c33-27(26-22(28(34)35)10-4-12-25(26)32(38)39)29-18-6-3-9-21(14-18)45(41)44-20-8-2-7-19(13-20)30-42-16-23-17(15-43-40)5-1-11-24(23)31(36)37/h17-26,30,40H,1-16H2,(H,29,33)(H,34,35). The van der Waals surface area contributed by atoms with Crippen molar-refractivity contribution in [1.29, 1.82) is 0 Å². The Hall–Kier alpha value is -2.31. The molecule has 0 aliphatic heterocycles. The molecule has 0 bridgehead atoms. The number of nitro groups is 2. The zero-order valence-corrected chi connectivity index (χ0v) is 26.2. The number of amides is 1. The van der Waals surface area contributed by atoms with Gasteiger partial charge in [0.2, 0.25) is 18.0 Å². The van der Waals surface area contributed by atoms with Crippen LogP contribution in [0.4, 0.5) is 0 Å². The van der Waals surface area contributed by atoms with Crippen LogP contribution < -0.4 is 10.8 Å². The highest BCUT2D eigenvalue weighted by Crippen LogP contribution is 2.35. The molecule has 256 valence electrons. The maximum Gasteiger partial charge on any atom is 0.307 e. The number of hydrogen-bond donors (Lipinski definition) is 4. The summed E-state index contributed by atoms with van der Waals surface area (Å²) in [6.07, 6.45) is 7.39. The summed E-state index contributed by atoms with van der Waals surface area (Å²) in [6.45, 7) is 0.108. The second-order valence-electron chi connectivity index (χ2n) is 13.0. The van der Waals surface area contributed by atoms with E-state index in [0.29, 0.717) is 64.2 Å². The average molecular weight is 663 g/mol. The fourth-order valence-electron chi connectivity index (χ4n) is 7.75. The van der Waals surface area contributed by atoms with E-state index in [1.807, 2.05) is 0 Å². The van der Waals surface area contributed by atoms with Gasteiger partial charge in [0.05, 0.1) is 36.4 Å². The lowest BCUT2D eigenvalue weighted by molar-refractivity contribution is -0.540. The Morgan fingerprint density at radius 3 is 2.22 bits per heavy atom. The number of carboxylic acids is 1. The van der Waals surface area contributed by atoms with E-state index in [9.17, 15) is 39.1 Å². The molecule has 16 nitrogen and oxygen atoms in total. The van der Waals surface area contributed by atoms with Gasteiger partial charge in [0.25, 0.3) is 0 Å². The van der Waals surface area contributed by atoms with Gasteiger partial charge >= 0.3 is 5.97 Å². The molecule has 0 saturated heterocycles. The molecule has 4 saturated carbocycles. The highest BCUT2D eigenvalue weighted by molar-refractivity contribution is 7.80. The summed E-state index contributed by atoms with van der Waals surface area (Å²) in [6, 6.07) is -2.51. The molecular weight excluding hydrogens is 616 g/mol. The van der Waals surface area contributed by atoms with Crippen LogP contribution in [0.1, 0.15) is 89.9 Å². The van der Waals surface area contributed by atoms with Crippen molar-refractivity contribution in [2.75, 3.05) is 13.2 Å². The maximum atomic E-state index is 13.3. The van der Waals surface area contributed by atoms with Crippen LogP contribution in [0.15, 0.2) is 0 Å². The fraction of sp³-hybridized carbons (Fsp3) is 0.929. The molecule has 0 aromatic rings. The predicted octanol–water partition coefficient (Wildman–Crippen LogP) is 2.62. The lowest BCUT2D eigenvalue weighted by Crippen LogP contribution is -2.52. The maximum absolute atomic E-state index is 13.3. The first-order valence-electron chi connectivity index (χ1n) is 16.1. The van der Waals surface area contributed by atoms with Gasteiger partial charge in [0.15, 0.2) is 11.1 Å². The third kappa shape index (κ3) is 9.60. The zero-order chi connectivity index (χ0) is 32.5. The largest absolute Gasteiger partial charge is 0.481 e. The minimum atomic E-state index is -1.65. The number of nitrogens with one attached hydrogen (secondary N) is 2. The predicted molar refractivity (Wildman–Crippen MR) is 158 cm³/mol. The molecule has 17 heteroatoms. The zero-order valence-electron chi connectivity index (χ0n) is 25.4. The van der Waals surface area contributed by atoms with Crippen LogP contribution in [0.2, 0.25) is 0 Å². The van der Waals surface area contributed by atoms with Crippen molar-refractivity contribution in [2.24, 2.45) is 23.7 Å². The van der Waals surface area contributed by atoms with Crippen LogP contribution in [0.5, 0.6) is 0 Å². The second kappa shape index (κ2) is 17.0. The van der Waals surface area contributed by atoms with E-state index in [2.05, 4.69) is 15.7 Å². The molecule has 11 unspecified atom stereocenters. The van der Waals surface area contributed by atoms with Crippen LogP contribution in [-0.4, -0.2) is 85.0 Å². The number of nitrogens with zero attached hydrogens (tertiary/aromatic N) is 2. The number of carbonyl (C=O) groups excluding carboxylic acids is 1. The third-order valence-electron chi connectivity index (χ3n) is 10.1. The first-order chi connectivity index (χ1) is 21.6. The normalized spacial score (nSPS) is 36.5. The molecule has 0 aromatic carbocycles. The topological polar surface area (TPSA) is 230 Å². The molecule has 45 heavy (non-hydrogen) atoms. The van der Waals surface area contributed by atoms with Crippen molar-refractivity contribution in [3.63, 3.8) is 0 Å². The van der Waals surface area contributed by atoms with Crippen molar-refractivity contribution < 1.29 is 47.9 Å². The number of hydroxylamine groups is 1. The van der Waals surface area contributed by atoms with Gasteiger partial charge in [-0.3, -0.25) is 39.3 Å². The van der Waals surface area contributed by atoms with Gasteiger partial charge in [-0.2, -0.15) is 5.48 Å². The molecule has 4 rings (SSSR count). The molecule has 0 radical (unpaired) electrons. The molecule has 0 aromatic heterocycles. The van der Waals surface area contributed by atoms with Gasteiger partial charge in [-0.1, -0.05) is 6.42 Å². The molecule has 0 heterocycles. The van der Waals surface area contributed by atoms with E-state index in [4.69, 9.17) is 14.3 Å². The fourth-order valence-corrected chi connectivity index (χ4v) is 9.10. The summed E-state index contributed by atoms with van der Waals surface area (Å²) in [7, 11) is 0. The quantitative estimate of drug-likeness (QED) is 0.119. The van der Waals surface area contributed by atoms with Crippen molar-refractivity contribution in [2.45, 2.75) is 125 Å². The summed E-state index contributed by atoms with van der Waals surface area (Å²) < 4.78 is 19.3. The van der Waals surface area contributed by atoms with E-state index in [1.165, 1.54) is 0 Å². The molecule has 4 aliphatic carbocycles. The van der Waals surface area contributed by atoms with Crippen LogP contribution >= 0.6 is 0 Å². The van der Waals surface area contributed by atoms with Crippen LogP contribution in [0.3, 0.4) is 0 Å². The molecule has 1 amide bonds. The highest BCUT2D eigenvalue weighted by atomic mass is 32.2. The van der Waals surface area contributed by atoms with E-state index < -0.39 is 57.7 Å². The van der Waals surface area contributed by atoms with Crippen molar-refractivity contribution >= 4 is 23.0 Å². The van der Waals surface area contributed by atoms with Crippen molar-refractivity contribution in [1.82, 2.24) is 10.8 Å². The number of rotatable bonds is 14. The monoisotopic (exact) mass is 662 g/mol. The smallest absolute Gasteiger partial charge is 0.307 e. The molecule has 4 aliphatic rings.